The number of nitrogens with zero attached hydrogens (tertiary/aromatic N) is 6. The first-order chi connectivity index (χ1) is 13.5. The Morgan fingerprint density at radius 3 is 2.71 bits per heavy atom. The second-order valence-corrected chi connectivity index (χ2v) is 8.96. The van der Waals surface area contributed by atoms with Gasteiger partial charge in [0.2, 0.25) is 0 Å². The number of hydrogen-bond donors (Lipinski definition) is 2. The summed E-state index contributed by atoms with van der Waals surface area (Å²) in [5.74, 6) is 1.22. The Morgan fingerprint density at radius 2 is 2.04 bits per heavy atom. The largest absolute Gasteiger partial charge is 0.381 e. The van der Waals surface area contributed by atoms with Crippen LogP contribution in [0.2, 0.25) is 0 Å². The van der Waals surface area contributed by atoms with Crippen molar-refractivity contribution in [3.63, 3.8) is 0 Å². The first-order valence-corrected chi connectivity index (χ1v) is 10.9. The van der Waals surface area contributed by atoms with Gasteiger partial charge in [0.1, 0.15) is 5.52 Å². The zero-order valence-corrected chi connectivity index (χ0v) is 16.3. The molecule has 3 aromatic rings. The van der Waals surface area contributed by atoms with E-state index in [9.17, 15) is 8.42 Å². The van der Waals surface area contributed by atoms with E-state index in [1.807, 2.05) is 11.5 Å². The molecule has 3 N–H and O–H groups in total. The van der Waals surface area contributed by atoms with Crippen LogP contribution < -0.4 is 11.1 Å². The Labute approximate surface area is 161 Å². The molecule has 0 amide bonds. The van der Waals surface area contributed by atoms with E-state index in [0.29, 0.717) is 43.2 Å². The van der Waals surface area contributed by atoms with Gasteiger partial charge in [-0.2, -0.15) is 0 Å². The van der Waals surface area contributed by atoms with Crippen LogP contribution in [-0.2, 0) is 16.4 Å². The molecule has 0 aromatic carbocycles. The Kier molecular flexibility index (Phi) is 4.89. The molecule has 11 nitrogen and oxygen atoms in total. The lowest BCUT2D eigenvalue weighted by molar-refractivity contribution is 0.307. The number of rotatable bonds is 6. The maximum Gasteiger partial charge on any atom is 0.199 e. The molecule has 0 unspecified atom stereocenters. The predicted octanol–water partition coefficient (Wildman–Crippen LogP) is 0.226. The monoisotopic (exact) mass is 406 g/mol. The lowest BCUT2D eigenvalue weighted by Crippen LogP contribution is -2.42. The third kappa shape index (κ3) is 3.52. The smallest absolute Gasteiger partial charge is 0.199 e. The van der Waals surface area contributed by atoms with Crippen molar-refractivity contribution >= 4 is 32.4 Å². The lowest BCUT2D eigenvalue weighted by Gasteiger charge is -2.26. The number of nitrogen functional groups attached to an aromatic ring is 1. The van der Waals surface area contributed by atoms with Crippen LogP contribution in [0.5, 0.6) is 0 Å². The van der Waals surface area contributed by atoms with Gasteiger partial charge >= 0.3 is 0 Å². The molecule has 0 radical (unpaired) electrons. The highest BCUT2D eigenvalue weighted by molar-refractivity contribution is 7.91. The molecule has 1 saturated heterocycles. The summed E-state index contributed by atoms with van der Waals surface area (Å²) < 4.78 is 29.8. The molecular weight excluding hydrogens is 384 g/mol. The molecule has 3 aromatic heterocycles. The molecule has 1 fully saturated rings. The highest BCUT2D eigenvalue weighted by Gasteiger charge is 2.22. The Hall–Kier alpha value is -2.73. The molecular formula is C16H22N8O3S. The van der Waals surface area contributed by atoms with Crippen LogP contribution in [0, 0.1) is 0 Å². The molecule has 1 aliphatic rings. The molecule has 0 bridgehead atoms. The number of pyridine rings is 1. The van der Waals surface area contributed by atoms with E-state index >= 15 is 0 Å². The van der Waals surface area contributed by atoms with E-state index in [1.54, 1.807) is 12.4 Å². The van der Waals surface area contributed by atoms with E-state index in [4.69, 9.17) is 10.4 Å². The zero-order valence-electron chi connectivity index (χ0n) is 15.5. The number of anilines is 2. The first kappa shape index (κ1) is 18.6. The summed E-state index contributed by atoms with van der Waals surface area (Å²) in [6.07, 6.45) is 3.44. The topological polar surface area (TPSA) is 145 Å². The minimum Gasteiger partial charge on any atom is -0.381 e. The number of hydrogen-bond acceptors (Lipinski definition) is 10. The standard InChI is InChI=1S/C16H22N8O3S/c1-2-24-14-11(19-3-4-23-5-7-28(25,26)8-6-23)9-18-10-12(14)20-16(24)13-15(17)22-27-21-13/h9-10,19H,2-8H2,1H3,(H2,17,22). The number of aryl methyl sites for hydroxylation is 1. The van der Waals surface area contributed by atoms with E-state index in [0.717, 1.165) is 17.7 Å². The maximum absolute atomic E-state index is 11.5. The molecule has 1 aliphatic heterocycles. The van der Waals surface area contributed by atoms with Gasteiger partial charge in [0.25, 0.3) is 0 Å². The van der Waals surface area contributed by atoms with Crippen LogP contribution in [0.3, 0.4) is 0 Å². The van der Waals surface area contributed by atoms with Crippen LogP contribution >= 0.6 is 0 Å². The fourth-order valence-corrected chi connectivity index (χ4v) is 4.66. The van der Waals surface area contributed by atoms with Gasteiger partial charge in [-0.05, 0) is 17.2 Å². The lowest BCUT2D eigenvalue weighted by atomic mass is 10.3. The number of imidazole rings is 1. The van der Waals surface area contributed by atoms with Crippen LogP contribution in [-0.4, -0.2) is 75.9 Å². The van der Waals surface area contributed by atoms with Crippen molar-refractivity contribution in [2.45, 2.75) is 13.5 Å². The van der Waals surface area contributed by atoms with E-state index < -0.39 is 9.84 Å². The summed E-state index contributed by atoms with van der Waals surface area (Å²) in [7, 11) is -2.87. The summed E-state index contributed by atoms with van der Waals surface area (Å²) in [6, 6.07) is 0. The molecule has 12 heteroatoms. The summed E-state index contributed by atoms with van der Waals surface area (Å²) in [6.45, 7) is 5.22. The highest BCUT2D eigenvalue weighted by atomic mass is 32.2. The summed E-state index contributed by atoms with van der Waals surface area (Å²) in [5, 5.41) is 10.9. The Balaban J connectivity index is 1.55. The summed E-state index contributed by atoms with van der Waals surface area (Å²) in [5.41, 5.74) is 8.70. The molecule has 4 heterocycles. The Bertz CT molecular complexity index is 1080. The Morgan fingerprint density at radius 1 is 1.25 bits per heavy atom. The fourth-order valence-electron chi connectivity index (χ4n) is 3.38. The SMILES string of the molecule is CCn1c(-c2nonc2N)nc2cncc(NCCN3CCS(=O)(=O)CC3)c21. The van der Waals surface area contributed by atoms with Crippen LogP contribution in [0.25, 0.3) is 22.6 Å². The number of nitrogens with one attached hydrogen (secondary N) is 1. The molecule has 4 rings (SSSR count). The van der Waals surface area contributed by atoms with Crippen molar-refractivity contribution in [2.24, 2.45) is 0 Å². The zero-order chi connectivity index (χ0) is 19.7. The van der Waals surface area contributed by atoms with Crippen molar-refractivity contribution < 1.29 is 13.0 Å². The van der Waals surface area contributed by atoms with E-state index in [2.05, 4.69) is 30.5 Å². The van der Waals surface area contributed by atoms with Gasteiger partial charge in [0.15, 0.2) is 27.2 Å². The molecule has 150 valence electrons. The molecule has 0 aliphatic carbocycles. The second-order valence-electron chi connectivity index (χ2n) is 6.65. The normalized spacial score (nSPS) is 17.2. The van der Waals surface area contributed by atoms with Gasteiger partial charge in [-0.25, -0.2) is 18.0 Å². The number of aromatic nitrogens is 5. The van der Waals surface area contributed by atoms with Crippen LogP contribution in [0.1, 0.15) is 6.92 Å². The van der Waals surface area contributed by atoms with Crippen molar-refractivity contribution in [1.82, 2.24) is 29.7 Å². The van der Waals surface area contributed by atoms with E-state index in [1.165, 1.54) is 0 Å². The number of fused-ring (bicyclic) bond motifs is 1. The number of nitrogens with two attached hydrogens (primary N) is 1. The van der Waals surface area contributed by atoms with Gasteiger partial charge in [0, 0.05) is 32.7 Å². The third-order valence-electron chi connectivity index (χ3n) is 4.87. The second kappa shape index (κ2) is 7.36. The van der Waals surface area contributed by atoms with Gasteiger partial charge in [0.05, 0.1) is 35.1 Å². The third-order valence-corrected chi connectivity index (χ3v) is 6.48. The quantitative estimate of drug-likeness (QED) is 0.583. The van der Waals surface area contributed by atoms with Crippen LogP contribution in [0.15, 0.2) is 17.0 Å². The fraction of sp³-hybridized carbons (Fsp3) is 0.500. The van der Waals surface area contributed by atoms with Crippen molar-refractivity contribution in [1.29, 1.82) is 0 Å². The first-order valence-electron chi connectivity index (χ1n) is 9.08. The average Bonchev–Trinajstić information content (AvgIpc) is 3.26. The average molecular weight is 406 g/mol. The highest BCUT2D eigenvalue weighted by Crippen LogP contribution is 2.30. The predicted molar refractivity (Wildman–Crippen MR) is 104 cm³/mol. The van der Waals surface area contributed by atoms with Gasteiger partial charge in [-0.1, -0.05) is 0 Å². The summed E-state index contributed by atoms with van der Waals surface area (Å²) in [4.78, 5) is 11.0. The summed E-state index contributed by atoms with van der Waals surface area (Å²) >= 11 is 0. The minimum absolute atomic E-state index is 0.188. The molecule has 0 spiro atoms. The molecule has 28 heavy (non-hydrogen) atoms. The van der Waals surface area contributed by atoms with Crippen molar-refractivity contribution in [3.05, 3.63) is 12.4 Å². The van der Waals surface area contributed by atoms with E-state index in [-0.39, 0.29) is 17.3 Å². The van der Waals surface area contributed by atoms with Crippen molar-refractivity contribution in [2.75, 3.05) is 48.7 Å². The van der Waals surface area contributed by atoms with Gasteiger partial charge < -0.3 is 15.6 Å². The molecule has 0 atom stereocenters. The minimum atomic E-state index is -2.87. The number of sulfone groups is 1. The maximum atomic E-state index is 11.5. The van der Waals surface area contributed by atoms with Gasteiger partial charge in [-0.15, -0.1) is 0 Å². The van der Waals surface area contributed by atoms with Crippen molar-refractivity contribution in [3.8, 4) is 11.5 Å². The van der Waals surface area contributed by atoms with Gasteiger partial charge in [-0.3, -0.25) is 9.88 Å². The van der Waals surface area contributed by atoms with Crippen LogP contribution in [0.4, 0.5) is 11.5 Å². The molecule has 0 saturated carbocycles.